The molecule has 6 nitrogen and oxygen atoms in total. The maximum atomic E-state index is 12.4. The lowest BCUT2D eigenvalue weighted by Gasteiger charge is -2.22. The second-order valence-corrected chi connectivity index (χ2v) is 7.36. The Morgan fingerprint density at radius 3 is 3.00 bits per heavy atom. The fraction of sp³-hybridized carbons (Fsp3) is 0.316. The van der Waals surface area contributed by atoms with E-state index in [4.69, 9.17) is 0 Å². The Bertz CT molecular complexity index is 844. The highest BCUT2D eigenvalue weighted by atomic mass is 32.1. The summed E-state index contributed by atoms with van der Waals surface area (Å²) in [7, 11) is 0. The van der Waals surface area contributed by atoms with E-state index >= 15 is 0 Å². The summed E-state index contributed by atoms with van der Waals surface area (Å²) in [5.74, 6) is -0.194. The number of aliphatic hydroxyl groups is 1. The van der Waals surface area contributed by atoms with Crippen molar-refractivity contribution in [2.45, 2.75) is 38.8 Å². The summed E-state index contributed by atoms with van der Waals surface area (Å²) in [6.07, 6.45) is 4.40. The fourth-order valence-electron chi connectivity index (χ4n) is 2.88. The number of aromatic nitrogens is 1. The number of nitrogens with one attached hydrogen (secondary N) is 1. The molecular weight excluding hydrogens is 350 g/mol. The number of hydrogen-bond donors (Lipinski definition) is 2. The molecule has 1 aliphatic heterocycles. The molecule has 136 valence electrons. The summed E-state index contributed by atoms with van der Waals surface area (Å²) in [5.41, 5.74) is 2.57. The molecule has 0 saturated heterocycles. The van der Waals surface area contributed by atoms with Crippen LogP contribution in [0.5, 0.6) is 0 Å². The van der Waals surface area contributed by atoms with Crippen LogP contribution in [0, 0.1) is 0 Å². The number of amides is 2. The highest BCUT2D eigenvalue weighted by Gasteiger charge is 2.19. The van der Waals surface area contributed by atoms with Gasteiger partial charge in [0.1, 0.15) is 11.1 Å². The molecule has 0 bridgehead atoms. The maximum absolute atomic E-state index is 12.4. The van der Waals surface area contributed by atoms with Crippen LogP contribution in [-0.2, 0) is 22.6 Å². The van der Waals surface area contributed by atoms with E-state index in [-0.39, 0.29) is 11.8 Å². The van der Waals surface area contributed by atoms with Crippen LogP contribution in [0.2, 0.25) is 0 Å². The van der Waals surface area contributed by atoms with Gasteiger partial charge in [0, 0.05) is 28.9 Å². The average Bonchev–Trinajstić information content (AvgIpc) is 3.01. The predicted octanol–water partition coefficient (Wildman–Crippen LogP) is 3.19. The van der Waals surface area contributed by atoms with E-state index in [9.17, 15) is 14.7 Å². The van der Waals surface area contributed by atoms with Gasteiger partial charge >= 0.3 is 0 Å². The average molecular weight is 371 g/mol. The standard InChI is InChI=1S/C19H21N3O3S/c1-3-18(25)22(11-15-10-20-19(26-15)12(2)23)14-7-8-16-13(9-14)5-4-6-17(24)21-16/h3,7-10,12,23H,1,4-6,11H2,2H3,(H,21,24). The lowest BCUT2D eigenvalue weighted by Crippen LogP contribution is -2.28. The molecule has 0 fully saturated rings. The molecule has 0 spiro atoms. The minimum absolute atomic E-state index is 0.0193. The summed E-state index contributed by atoms with van der Waals surface area (Å²) in [4.78, 5) is 30.8. The molecular formula is C19H21N3O3S. The molecule has 2 heterocycles. The van der Waals surface area contributed by atoms with Crippen molar-refractivity contribution >= 4 is 34.5 Å². The number of aliphatic hydroxyl groups excluding tert-OH is 1. The number of benzene rings is 1. The topological polar surface area (TPSA) is 82.5 Å². The summed E-state index contributed by atoms with van der Waals surface area (Å²) in [5, 5.41) is 13.2. The first-order valence-corrected chi connectivity index (χ1v) is 9.29. The molecule has 1 aromatic carbocycles. The van der Waals surface area contributed by atoms with Gasteiger partial charge < -0.3 is 15.3 Å². The van der Waals surface area contributed by atoms with Crippen molar-refractivity contribution in [2.75, 3.05) is 10.2 Å². The van der Waals surface area contributed by atoms with Gasteiger partial charge in [-0.3, -0.25) is 9.59 Å². The zero-order valence-corrected chi connectivity index (χ0v) is 15.4. The fourth-order valence-corrected chi connectivity index (χ4v) is 3.72. The van der Waals surface area contributed by atoms with Crippen LogP contribution in [0.15, 0.2) is 37.1 Å². The van der Waals surface area contributed by atoms with E-state index in [2.05, 4.69) is 16.9 Å². The van der Waals surface area contributed by atoms with Crippen LogP contribution in [0.25, 0.3) is 0 Å². The Morgan fingerprint density at radius 1 is 1.50 bits per heavy atom. The lowest BCUT2D eigenvalue weighted by atomic mass is 10.1. The number of thiazole rings is 1. The minimum Gasteiger partial charge on any atom is -0.386 e. The third-order valence-corrected chi connectivity index (χ3v) is 5.36. The number of rotatable bonds is 5. The zero-order valence-electron chi connectivity index (χ0n) is 14.6. The van der Waals surface area contributed by atoms with Gasteiger partial charge in [0.25, 0.3) is 5.91 Å². The molecule has 0 aliphatic carbocycles. The van der Waals surface area contributed by atoms with E-state index in [0.29, 0.717) is 18.0 Å². The summed E-state index contributed by atoms with van der Waals surface area (Å²) in [6.45, 7) is 5.60. The molecule has 1 unspecified atom stereocenters. The molecule has 1 atom stereocenters. The van der Waals surface area contributed by atoms with E-state index in [1.807, 2.05) is 18.2 Å². The molecule has 2 aromatic rings. The number of fused-ring (bicyclic) bond motifs is 1. The minimum atomic E-state index is -0.631. The maximum Gasteiger partial charge on any atom is 0.250 e. The van der Waals surface area contributed by atoms with Gasteiger partial charge in [-0.2, -0.15) is 0 Å². The second-order valence-electron chi connectivity index (χ2n) is 6.21. The Labute approximate surface area is 156 Å². The van der Waals surface area contributed by atoms with E-state index < -0.39 is 6.10 Å². The van der Waals surface area contributed by atoms with Crippen LogP contribution in [0.4, 0.5) is 11.4 Å². The molecule has 7 heteroatoms. The number of carbonyl (C=O) groups is 2. The Hall–Kier alpha value is -2.51. The van der Waals surface area contributed by atoms with Crippen LogP contribution in [-0.4, -0.2) is 21.9 Å². The highest BCUT2D eigenvalue weighted by molar-refractivity contribution is 7.11. The second kappa shape index (κ2) is 7.80. The van der Waals surface area contributed by atoms with Gasteiger partial charge in [0.2, 0.25) is 5.91 Å². The number of hydrogen-bond acceptors (Lipinski definition) is 5. The number of carbonyl (C=O) groups excluding carboxylic acids is 2. The lowest BCUT2D eigenvalue weighted by molar-refractivity contribution is -0.116. The number of anilines is 2. The van der Waals surface area contributed by atoms with Gasteiger partial charge in [-0.05, 0) is 49.6 Å². The van der Waals surface area contributed by atoms with Crippen molar-refractivity contribution < 1.29 is 14.7 Å². The van der Waals surface area contributed by atoms with Crippen LogP contribution >= 0.6 is 11.3 Å². The first kappa shape index (κ1) is 18.3. The van der Waals surface area contributed by atoms with Crippen molar-refractivity contribution in [1.29, 1.82) is 0 Å². The summed E-state index contributed by atoms with van der Waals surface area (Å²) >= 11 is 1.38. The van der Waals surface area contributed by atoms with Crippen molar-refractivity contribution in [1.82, 2.24) is 4.98 Å². The largest absolute Gasteiger partial charge is 0.386 e. The molecule has 1 aliphatic rings. The van der Waals surface area contributed by atoms with Gasteiger partial charge in [-0.15, -0.1) is 11.3 Å². The van der Waals surface area contributed by atoms with E-state index in [1.54, 1.807) is 18.0 Å². The van der Waals surface area contributed by atoms with Crippen LogP contribution < -0.4 is 10.2 Å². The molecule has 3 rings (SSSR count). The SMILES string of the molecule is C=CC(=O)N(Cc1cnc(C(C)O)s1)c1ccc2c(c1)CCCC(=O)N2. The Morgan fingerprint density at radius 2 is 2.31 bits per heavy atom. The van der Waals surface area contributed by atoms with Crippen LogP contribution in [0.3, 0.4) is 0 Å². The molecule has 1 aromatic heterocycles. The normalized spacial score (nSPS) is 14.8. The van der Waals surface area contributed by atoms with Crippen molar-refractivity contribution in [3.8, 4) is 0 Å². The van der Waals surface area contributed by atoms with Gasteiger partial charge in [-0.25, -0.2) is 4.98 Å². The number of nitrogens with zero attached hydrogens (tertiary/aromatic N) is 2. The van der Waals surface area contributed by atoms with Gasteiger partial charge in [0.05, 0.1) is 6.54 Å². The van der Waals surface area contributed by atoms with Crippen molar-refractivity contribution in [3.05, 3.63) is 52.5 Å². The first-order chi connectivity index (χ1) is 12.5. The predicted molar refractivity (Wildman–Crippen MR) is 102 cm³/mol. The molecule has 26 heavy (non-hydrogen) atoms. The van der Waals surface area contributed by atoms with Gasteiger partial charge in [0.15, 0.2) is 0 Å². The third-order valence-electron chi connectivity index (χ3n) is 4.21. The van der Waals surface area contributed by atoms with E-state index in [1.165, 1.54) is 17.4 Å². The Balaban J connectivity index is 1.90. The quantitative estimate of drug-likeness (QED) is 0.791. The third kappa shape index (κ3) is 4.00. The zero-order chi connectivity index (χ0) is 18.7. The number of aryl methyl sites for hydroxylation is 1. The van der Waals surface area contributed by atoms with Crippen molar-refractivity contribution in [3.63, 3.8) is 0 Å². The highest BCUT2D eigenvalue weighted by Crippen LogP contribution is 2.29. The molecule has 2 N–H and O–H groups in total. The smallest absolute Gasteiger partial charge is 0.250 e. The van der Waals surface area contributed by atoms with Crippen LogP contribution in [0.1, 0.15) is 41.3 Å². The van der Waals surface area contributed by atoms with Crippen molar-refractivity contribution in [2.24, 2.45) is 0 Å². The first-order valence-electron chi connectivity index (χ1n) is 8.47. The van der Waals surface area contributed by atoms with E-state index in [0.717, 1.165) is 34.7 Å². The molecule has 0 radical (unpaired) electrons. The molecule has 0 saturated carbocycles. The monoisotopic (exact) mass is 371 g/mol. The summed E-state index contributed by atoms with van der Waals surface area (Å²) in [6, 6.07) is 5.60. The Kier molecular flexibility index (Phi) is 5.49. The van der Waals surface area contributed by atoms with Gasteiger partial charge in [-0.1, -0.05) is 6.58 Å². The summed E-state index contributed by atoms with van der Waals surface area (Å²) < 4.78 is 0. The molecule has 2 amide bonds.